The van der Waals surface area contributed by atoms with Crippen LogP contribution < -0.4 is 0 Å². The second-order valence-corrected chi connectivity index (χ2v) is 3.66. The topological polar surface area (TPSA) is 54.5 Å². The van der Waals surface area contributed by atoms with Crippen LogP contribution in [0.1, 0.15) is 5.69 Å². The van der Waals surface area contributed by atoms with Crippen LogP contribution in [0.25, 0.3) is 22.3 Å². The molecule has 0 aliphatic heterocycles. The highest BCUT2D eigenvalue weighted by Gasteiger charge is 2.07. The van der Waals surface area contributed by atoms with Crippen molar-refractivity contribution >= 4 is 10.9 Å². The molecule has 0 atom stereocenters. The lowest BCUT2D eigenvalue weighted by atomic mass is 10.1. The van der Waals surface area contributed by atoms with E-state index < -0.39 is 0 Å². The third-order valence-electron chi connectivity index (χ3n) is 2.50. The number of para-hydroxylation sites is 1. The molecule has 0 fully saturated rings. The van der Waals surface area contributed by atoms with Crippen LogP contribution >= 0.6 is 0 Å². The van der Waals surface area contributed by atoms with E-state index in [4.69, 9.17) is 0 Å². The number of aromatic amines is 1. The van der Waals surface area contributed by atoms with Crippen LogP contribution in [0.2, 0.25) is 0 Å². The molecule has 0 saturated heterocycles. The molecule has 4 nitrogen and oxygen atoms in total. The van der Waals surface area contributed by atoms with Crippen molar-refractivity contribution in [1.29, 1.82) is 0 Å². The lowest BCUT2D eigenvalue weighted by Gasteiger charge is -2.01. The fourth-order valence-corrected chi connectivity index (χ4v) is 1.76. The van der Waals surface area contributed by atoms with Gasteiger partial charge in [0.2, 0.25) is 0 Å². The van der Waals surface area contributed by atoms with Crippen LogP contribution in [-0.4, -0.2) is 20.2 Å². The van der Waals surface area contributed by atoms with Gasteiger partial charge in [0.15, 0.2) is 0 Å². The van der Waals surface area contributed by atoms with Crippen molar-refractivity contribution in [3.63, 3.8) is 0 Å². The van der Waals surface area contributed by atoms with Crippen molar-refractivity contribution in [2.45, 2.75) is 6.92 Å². The molecule has 0 spiro atoms. The molecular weight excluding hydrogens is 200 g/mol. The smallest absolute Gasteiger partial charge is 0.116 e. The summed E-state index contributed by atoms with van der Waals surface area (Å²) in [4.78, 5) is 8.54. The molecule has 0 aliphatic carbocycles. The number of benzene rings is 1. The van der Waals surface area contributed by atoms with Gasteiger partial charge in [0.25, 0.3) is 0 Å². The standard InChI is InChI=1S/C12H10N4/c1-8-6-11(16-15-8)12-9-4-2-3-5-10(9)13-7-14-12/h2-7H,1H3,(H,15,16). The molecule has 1 aromatic carbocycles. The van der Waals surface area contributed by atoms with E-state index >= 15 is 0 Å². The van der Waals surface area contributed by atoms with E-state index in [-0.39, 0.29) is 0 Å². The number of fused-ring (bicyclic) bond motifs is 1. The molecule has 3 aromatic rings. The summed E-state index contributed by atoms with van der Waals surface area (Å²) < 4.78 is 0. The van der Waals surface area contributed by atoms with Crippen LogP contribution in [0.5, 0.6) is 0 Å². The van der Waals surface area contributed by atoms with E-state index in [0.717, 1.165) is 28.0 Å². The summed E-state index contributed by atoms with van der Waals surface area (Å²) in [6, 6.07) is 9.93. The Labute approximate surface area is 92.4 Å². The second kappa shape index (κ2) is 3.41. The van der Waals surface area contributed by atoms with Gasteiger partial charge in [-0.1, -0.05) is 18.2 Å². The lowest BCUT2D eigenvalue weighted by molar-refractivity contribution is 1.04. The van der Waals surface area contributed by atoms with Crippen LogP contribution in [-0.2, 0) is 0 Å². The number of rotatable bonds is 1. The number of nitrogens with one attached hydrogen (secondary N) is 1. The third kappa shape index (κ3) is 1.35. The summed E-state index contributed by atoms with van der Waals surface area (Å²) in [7, 11) is 0. The first-order valence-corrected chi connectivity index (χ1v) is 5.07. The molecule has 0 bridgehead atoms. The molecule has 16 heavy (non-hydrogen) atoms. The summed E-state index contributed by atoms with van der Waals surface area (Å²) in [5, 5.41) is 8.12. The molecule has 0 radical (unpaired) electrons. The van der Waals surface area contributed by atoms with Gasteiger partial charge in [-0.15, -0.1) is 0 Å². The number of aryl methyl sites for hydroxylation is 1. The minimum atomic E-state index is 0.895. The number of nitrogens with zero attached hydrogens (tertiary/aromatic N) is 3. The average Bonchev–Trinajstić information content (AvgIpc) is 2.75. The minimum Gasteiger partial charge on any atom is -0.276 e. The summed E-state index contributed by atoms with van der Waals surface area (Å²) in [5.74, 6) is 0. The molecule has 2 heterocycles. The Morgan fingerprint density at radius 3 is 2.81 bits per heavy atom. The van der Waals surface area contributed by atoms with E-state index in [1.54, 1.807) is 6.33 Å². The van der Waals surface area contributed by atoms with Gasteiger partial charge in [-0.25, -0.2) is 9.97 Å². The molecular formula is C12H10N4. The first-order chi connectivity index (χ1) is 7.84. The summed E-state index contributed by atoms with van der Waals surface area (Å²) in [6.07, 6.45) is 1.58. The van der Waals surface area contributed by atoms with Crippen molar-refractivity contribution in [3.8, 4) is 11.4 Å². The van der Waals surface area contributed by atoms with Gasteiger partial charge < -0.3 is 0 Å². The SMILES string of the molecule is Cc1cc(-c2ncnc3ccccc23)[nH]n1. The van der Waals surface area contributed by atoms with Gasteiger partial charge >= 0.3 is 0 Å². The maximum atomic E-state index is 4.31. The van der Waals surface area contributed by atoms with Crippen molar-refractivity contribution in [2.75, 3.05) is 0 Å². The Hall–Kier alpha value is -2.23. The zero-order chi connectivity index (χ0) is 11.0. The predicted molar refractivity (Wildman–Crippen MR) is 61.9 cm³/mol. The van der Waals surface area contributed by atoms with E-state index in [1.807, 2.05) is 37.3 Å². The highest BCUT2D eigenvalue weighted by Crippen LogP contribution is 2.23. The summed E-state index contributed by atoms with van der Waals surface area (Å²) in [6.45, 7) is 1.95. The van der Waals surface area contributed by atoms with Crippen molar-refractivity contribution in [1.82, 2.24) is 20.2 Å². The van der Waals surface area contributed by atoms with Gasteiger partial charge in [0, 0.05) is 5.39 Å². The van der Waals surface area contributed by atoms with E-state index in [2.05, 4.69) is 20.2 Å². The maximum Gasteiger partial charge on any atom is 0.116 e. The van der Waals surface area contributed by atoms with Crippen molar-refractivity contribution in [2.24, 2.45) is 0 Å². The van der Waals surface area contributed by atoms with Crippen LogP contribution in [0.15, 0.2) is 36.7 Å². The van der Waals surface area contributed by atoms with Crippen molar-refractivity contribution < 1.29 is 0 Å². The molecule has 0 aliphatic rings. The molecule has 0 amide bonds. The highest BCUT2D eigenvalue weighted by molar-refractivity contribution is 5.90. The Balaban J connectivity index is 2.31. The molecule has 1 N–H and O–H groups in total. The molecule has 0 unspecified atom stereocenters. The van der Waals surface area contributed by atoms with Gasteiger partial charge in [0.1, 0.15) is 6.33 Å². The fourth-order valence-electron chi connectivity index (χ4n) is 1.76. The second-order valence-electron chi connectivity index (χ2n) is 3.66. The number of hydrogen-bond donors (Lipinski definition) is 1. The zero-order valence-electron chi connectivity index (χ0n) is 8.81. The number of H-pyrrole nitrogens is 1. The van der Waals surface area contributed by atoms with Gasteiger partial charge in [-0.05, 0) is 19.1 Å². The molecule has 0 saturated carbocycles. The Morgan fingerprint density at radius 1 is 1.12 bits per heavy atom. The van der Waals surface area contributed by atoms with E-state index in [1.165, 1.54) is 0 Å². The first kappa shape index (κ1) is 9.03. The summed E-state index contributed by atoms with van der Waals surface area (Å²) >= 11 is 0. The number of aromatic nitrogens is 4. The molecule has 4 heteroatoms. The quantitative estimate of drug-likeness (QED) is 0.670. The van der Waals surface area contributed by atoms with E-state index in [9.17, 15) is 0 Å². The van der Waals surface area contributed by atoms with Gasteiger partial charge in [0.05, 0.1) is 22.6 Å². The zero-order valence-corrected chi connectivity index (χ0v) is 8.81. The lowest BCUT2D eigenvalue weighted by Crippen LogP contribution is -1.88. The average molecular weight is 210 g/mol. The third-order valence-corrected chi connectivity index (χ3v) is 2.50. The van der Waals surface area contributed by atoms with E-state index in [0.29, 0.717) is 0 Å². The molecule has 2 aromatic heterocycles. The Morgan fingerprint density at radius 2 is 2.00 bits per heavy atom. The van der Waals surface area contributed by atoms with Crippen molar-refractivity contribution in [3.05, 3.63) is 42.4 Å². The first-order valence-electron chi connectivity index (χ1n) is 5.07. The normalized spacial score (nSPS) is 10.8. The molecule has 3 rings (SSSR count). The predicted octanol–water partition coefficient (Wildman–Crippen LogP) is 2.33. The molecule has 78 valence electrons. The largest absolute Gasteiger partial charge is 0.276 e. The fraction of sp³-hybridized carbons (Fsp3) is 0.0833. The van der Waals surface area contributed by atoms with Gasteiger partial charge in [-0.3, -0.25) is 5.10 Å². The Kier molecular flexibility index (Phi) is 1.93. The highest BCUT2D eigenvalue weighted by atomic mass is 15.1. The summed E-state index contributed by atoms with van der Waals surface area (Å²) in [5.41, 5.74) is 3.72. The Bertz CT molecular complexity index is 637. The number of hydrogen-bond acceptors (Lipinski definition) is 3. The monoisotopic (exact) mass is 210 g/mol. The maximum absolute atomic E-state index is 4.31. The van der Waals surface area contributed by atoms with Crippen LogP contribution in [0.3, 0.4) is 0 Å². The van der Waals surface area contributed by atoms with Crippen LogP contribution in [0, 0.1) is 6.92 Å². The van der Waals surface area contributed by atoms with Gasteiger partial charge in [-0.2, -0.15) is 5.10 Å². The van der Waals surface area contributed by atoms with Crippen LogP contribution in [0.4, 0.5) is 0 Å². The minimum absolute atomic E-state index is 0.895.